The average Bonchev–Trinajstić information content (AvgIpc) is 2.50. The van der Waals surface area contributed by atoms with E-state index >= 15 is 0 Å². The molecule has 0 radical (unpaired) electrons. The van der Waals surface area contributed by atoms with E-state index in [-0.39, 0.29) is 11.9 Å². The lowest BCUT2D eigenvalue weighted by Crippen LogP contribution is -2.39. The molecule has 0 fully saturated rings. The van der Waals surface area contributed by atoms with Gasteiger partial charge in [0.25, 0.3) is 0 Å². The molecule has 0 spiro atoms. The molecule has 1 amide bonds. The number of rotatable bonds is 8. The number of amides is 1. The third kappa shape index (κ3) is 5.09. The number of hydrogen-bond donors (Lipinski definition) is 1. The van der Waals surface area contributed by atoms with Crippen molar-refractivity contribution in [1.82, 2.24) is 4.90 Å². The zero-order valence-electron chi connectivity index (χ0n) is 12.5. The largest absolute Gasteiger partial charge is 0.497 e. The molecule has 2 N–H and O–H groups in total. The second-order valence-corrected chi connectivity index (χ2v) is 4.72. The monoisotopic (exact) mass is 280 g/mol. The van der Waals surface area contributed by atoms with Gasteiger partial charge in [-0.2, -0.15) is 0 Å². The summed E-state index contributed by atoms with van der Waals surface area (Å²) >= 11 is 0. The van der Waals surface area contributed by atoms with E-state index in [9.17, 15) is 4.79 Å². The summed E-state index contributed by atoms with van der Waals surface area (Å²) in [7, 11) is 3.41. The first-order chi connectivity index (χ1) is 9.58. The molecule has 0 saturated carbocycles. The van der Waals surface area contributed by atoms with Gasteiger partial charge in [-0.25, -0.2) is 0 Å². The maximum absolute atomic E-state index is 11.8. The molecule has 0 aromatic heterocycles. The number of methoxy groups -OCH3 is 1. The third-order valence-electron chi connectivity index (χ3n) is 3.26. The standard InChI is InChI=1S/C15H24N2O3/c1-12(11-16)17(2)15(18)5-4-10-20-14-8-6-13(19-3)7-9-14/h6-9,12H,4-5,10-11,16H2,1-3H3. The van der Waals surface area contributed by atoms with Crippen LogP contribution in [0, 0.1) is 0 Å². The molecule has 5 heteroatoms. The van der Waals surface area contributed by atoms with Crippen molar-refractivity contribution in [1.29, 1.82) is 0 Å². The highest BCUT2D eigenvalue weighted by molar-refractivity contribution is 5.76. The number of benzene rings is 1. The Labute approximate surface area is 120 Å². The minimum Gasteiger partial charge on any atom is -0.497 e. The van der Waals surface area contributed by atoms with Crippen LogP contribution >= 0.6 is 0 Å². The Morgan fingerprint density at radius 3 is 2.45 bits per heavy atom. The average molecular weight is 280 g/mol. The van der Waals surface area contributed by atoms with Crippen molar-refractivity contribution in [2.75, 3.05) is 27.3 Å². The molecular weight excluding hydrogens is 256 g/mol. The summed E-state index contributed by atoms with van der Waals surface area (Å²) in [5.74, 6) is 1.67. The number of ether oxygens (including phenoxy) is 2. The van der Waals surface area contributed by atoms with E-state index in [1.165, 1.54) is 0 Å². The number of carbonyl (C=O) groups excluding carboxylic acids is 1. The number of hydrogen-bond acceptors (Lipinski definition) is 4. The van der Waals surface area contributed by atoms with Crippen molar-refractivity contribution in [3.05, 3.63) is 24.3 Å². The first-order valence-electron chi connectivity index (χ1n) is 6.81. The minimum atomic E-state index is 0.0741. The molecule has 0 bridgehead atoms. The Kier molecular flexibility index (Phi) is 6.87. The van der Waals surface area contributed by atoms with Crippen LogP contribution in [0.1, 0.15) is 19.8 Å². The summed E-state index contributed by atoms with van der Waals surface area (Å²) in [6, 6.07) is 7.46. The van der Waals surface area contributed by atoms with Crippen LogP contribution in [0.5, 0.6) is 11.5 Å². The lowest BCUT2D eigenvalue weighted by atomic mass is 10.2. The second-order valence-electron chi connectivity index (χ2n) is 4.72. The topological polar surface area (TPSA) is 64.8 Å². The summed E-state index contributed by atoms with van der Waals surface area (Å²) < 4.78 is 10.6. The van der Waals surface area contributed by atoms with E-state index in [1.54, 1.807) is 19.1 Å². The molecule has 1 aromatic carbocycles. The fourth-order valence-electron chi connectivity index (χ4n) is 1.67. The van der Waals surface area contributed by atoms with E-state index in [4.69, 9.17) is 15.2 Å². The predicted octanol–water partition coefficient (Wildman–Crippen LogP) is 1.66. The van der Waals surface area contributed by atoms with Crippen LogP contribution in [-0.4, -0.2) is 44.2 Å². The maximum Gasteiger partial charge on any atom is 0.222 e. The number of carbonyl (C=O) groups is 1. The lowest BCUT2D eigenvalue weighted by molar-refractivity contribution is -0.131. The van der Waals surface area contributed by atoms with Gasteiger partial charge in [-0.3, -0.25) is 4.79 Å². The van der Waals surface area contributed by atoms with Crippen LogP contribution in [0.2, 0.25) is 0 Å². The summed E-state index contributed by atoms with van der Waals surface area (Å²) in [6.07, 6.45) is 1.16. The van der Waals surface area contributed by atoms with Crippen molar-refractivity contribution < 1.29 is 14.3 Å². The second kappa shape index (κ2) is 8.43. The molecule has 1 atom stereocenters. The van der Waals surface area contributed by atoms with Crippen molar-refractivity contribution in [2.24, 2.45) is 5.73 Å². The van der Waals surface area contributed by atoms with Crippen molar-refractivity contribution in [3.8, 4) is 11.5 Å². The zero-order valence-corrected chi connectivity index (χ0v) is 12.5. The van der Waals surface area contributed by atoms with Crippen molar-refractivity contribution >= 4 is 5.91 Å². The van der Waals surface area contributed by atoms with Gasteiger partial charge in [-0.1, -0.05) is 0 Å². The molecule has 1 aromatic rings. The molecule has 112 valence electrons. The molecule has 1 rings (SSSR count). The van der Waals surface area contributed by atoms with Gasteiger partial charge in [0, 0.05) is 26.1 Å². The van der Waals surface area contributed by atoms with E-state index in [2.05, 4.69) is 0 Å². The first-order valence-corrected chi connectivity index (χ1v) is 6.81. The quantitative estimate of drug-likeness (QED) is 0.736. The smallest absolute Gasteiger partial charge is 0.222 e. The number of nitrogens with two attached hydrogens (primary N) is 1. The van der Waals surface area contributed by atoms with E-state index in [0.29, 0.717) is 26.0 Å². The Balaban J connectivity index is 2.25. The van der Waals surface area contributed by atoms with Crippen LogP contribution in [0.15, 0.2) is 24.3 Å². The Morgan fingerprint density at radius 2 is 1.90 bits per heavy atom. The van der Waals surface area contributed by atoms with Crippen LogP contribution < -0.4 is 15.2 Å². The fourth-order valence-corrected chi connectivity index (χ4v) is 1.67. The number of likely N-dealkylation sites (N-methyl/N-ethyl adjacent to an activating group) is 1. The third-order valence-corrected chi connectivity index (χ3v) is 3.26. The molecular formula is C15H24N2O3. The van der Waals surface area contributed by atoms with Crippen LogP contribution in [-0.2, 0) is 4.79 Å². The molecule has 0 aliphatic carbocycles. The van der Waals surface area contributed by atoms with Gasteiger partial charge >= 0.3 is 0 Å². The van der Waals surface area contributed by atoms with Crippen LogP contribution in [0.25, 0.3) is 0 Å². The van der Waals surface area contributed by atoms with Gasteiger partial charge in [0.2, 0.25) is 5.91 Å². The van der Waals surface area contributed by atoms with Crippen molar-refractivity contribution in [2.45, 2.75) is 25.8 Å². The zero-order chi connectivity index (χ0) is 15.0. The summed E-state index contributed by atoms with van der Waals surface area (Å²) in [5.41, 5.74) is 5.54. The van der Waals surface area contributed by atoms with Gasteiger partial charge in [-0.15, -0.1) is 0 Å². The SMILES string of the molecule is COc1ccc(OCCCC(=O)N(C)C(C)CN)cc1. The first kappa shape index (κ1) is 16.3. The highest BCUT2D eigenvalue weighted by Gasteiger charge is 2.13. The van der Waals surface area contributed by atoms with Crippen molar-refractivity contribution in [3.63, 3.8) is 0 Å². The van der Waals surface area contributed by atoms with Crippen LogP contribution in [0.3, 0.4) is 0 Å². The van der Waals surface area contributed by atoms with Gasteiger partial charge in [-0.05, 0) is 37.6 Å². The molecule has 20 heavy (non-hydrogen) atoms. The lowest BCUT2D eigenvalue weighted by Gasteiger charge is -2.23. The maximum atomic E-state index is 11.8. The van der Waals surface area contributed by atoms with E-state index < -0.39 is 0 Å². The minimum absolute atomic E-state index is 0.0741. The van der Waals surface area contributed by atoms with E-state index in [0.717, 1.165) is 11.5 Å². The van der Waals surface area contributed by atoms with Gasteiger partial charge in [0.15, 0.2) is 0 Å². The highest BCUT2D eigenvalue weighted by Crippen LogP contribution is 2.17. The Morgan fingerprint density at radius 1 is 1.30 bits per heavy atom. The summed E-state index contributed by atoms with van der Waals surface area (Å²) in [5, 5.41) is 0. The van der Waals surface area contributed by atoms with Gasteiger partial charge in [0.1, 0.15) is 11.5 Å². The molecule has 1 unspecified atom stereocenters. The number of nitrogens with zero attached hydrogens (tertiary/aromatic N) is 1. The molecule has 0 saturated heterocycles. The highest BCUT2D eigenvalue weighted by atomic mass is 16.5. The summed E-state index contributed by atoms with van der Waals surface area (Å²) in [6.45, 7) is 2.93. The predicted molar refractivity (Wildman–Crippen MR) is 79.0 cm³/mol. The normalized spacial score (nSPS) is 11.8. The van der Waals surface area contributed by atoms with Gasteiger partial charge in [0.05, 0.1) is 13.7 Å². The Hall–Kier alpha value is -1.75. The van der Waals surface area contributed by atoms with Crippen LogP contribution in [0.4, 0.5) is 0 Å². The Bertz CT molecular complexity index is 406. The molecule has 0 heterocycles. The van der Waals surface area contributed by atoms with Gasteiger partial charge < -0.3 is 20.1 Å². The van der Waals surface area contributed by atoms with E-state index in [1.807, 2.05) is 31.2 Å². The summed E-state index contributed by atoms with van der Waals surface area (Å²) in [4.78, 5) is 13.5. The molecule has 5 nitrogen and oxygen atoms in total. The molecule has 0 aliphatic rings. The fraction of sp³-hybridized carbons (Fsp3) is 0.533. The molecule has 0 aliphatic heterocycles.